The number of sulfone groups is 1. The van der Waals surface area contributed by atoms with Crippen molar-refractivity contribution in [1.29, 1.82) is 0 Å². The molecule has 0 radical (unpaired) electrons. The SMILES string of the molecule is CCS(=O)(=O)CCN1CC(C)NCC1(C)c1ccccc1. The number of rotatable bonds is 5. The third-order valence-corrected chi connectivity index (χ3v) is 6.18. The molecule has 1 saturated heterocycles. The summed E-state index contributed by atoms with van der Waals surface area (Å²) in [6.45, 7) is 8.35. The van der Waals surface area contributed by atoms with Gasteiger partial charge < -0.3 is 5.32 Å². The summed E-state index contributed by atoms with van der Waals surface area (Å²) >= 11 is 0. The minimum atomic E-state index is -2.93. The van der Waals surface area contributed by atoms with Gasteiger partial charge in [0.2, 0.25) is 0 Å². The average Bonchev–Trinajstić information content (AvgIpc) is 2.49. The Bertz CT molecular complexity index is 559. The van der Waals surface area contributed by atoms with Crippen molar-refractivity contribution in [2.24, 2.45) is 0 Å². The molecular weight excluding hydrogens is 284 g/mol. The summed E-state index contributed by atoms with van der Waals surface area (Å²) in [6, 6.07) is 10.7. The zero-order valence-electron chi connectivity index (χ0n) is 13.2. The van der Waals surface area contributed by atoms with Crippen molar-refractivity contribution in [2.75, 3.05) is 31.1 Å². The number of benzene rings is 1. The van der Waals surface area contributed by atoms with Gasteiger partial charge in [-0.05, 0) is 19.4 Å². The maximum Gasteiger partial charge on any atom is 0.151 e. The van der Waals surface area contributed by atoms with Crippen LogP contribution in [0.4, 0.5) is 0 Å². The normalized spacial score (nSPS) is 27.7. The summed E-state index contributed by atoms with van der Waals surface area (Å²) in [5, 5.41) is 3.52. The van der Waals surface area contributed by atoms with Crippen LogP contribution in [0.15, 0.2) is 30.3 Å². The molecule has 4 nitrogen and oxygen atoms in total. The molecule has 2 atom stereocenters. The lowest BCUT2D eigenvalue weighted by atomic mass is 9.87. The smallest absolute Gasteiger partial charge is 0.151 e. The van der Waals surface area contributed by atoms with Crippen LogP contribution in [0.5, 0.6) is 0 Å². The highest BCUT2D eigenvalue weighted by Gasteiger charge is 2.38. The molecule has 1 aromatic rings. The van der Waals surface area contributed by atoms with Gasteiger partial charge in [-0.25, -0.2) is 8.42 Å². The summed E-state index contributed by atoms with van der Waals surface area (Å²) < 4.78 is 23.7. The Morgan fingerprint density at radius 3 is 2.62 bits per heavy atom. The first kappa shape index (κ1) is 16.5. The van der Waals surface area contributed by atoms with E-state index in [2.05, 4.69) is 36.2 Å². The van der Waals surface area contributed by atoms with Gasteiger partial charge in [-0.3, -0.25) is 4.90 Å². The first-order valence-corrected chi connectivity index (χ1v) is 9.44. The van der Waals surface area contributed by atoms with Crippen LogP contribution < -0.4 is 5.32 Å². The Labute approximate surface area is 128 Å². The van der Waals surface area contributed by atoms with E-state index in [9.17, 15) is 8.42 Å². The number of hydrogen-bond acceptors (Lipinski definition) is 4. The fourth-order valence-corrected chi connectivity index (χ4v) is 3.68. The van der Waals surface area contributed by atoms with E-state index < -0.39 is 9.84 Å². The lowest BCUT2D eigenvalue weighted by Gasteiger charge is -2.48. The highest BCUT2D eigenvalue weighted by molar-refractivity contribution is 7.91. The quantitative estimate of drug-likeness (QED) is 0.898. The van der Waals surface area contributed by atoms with Gasteiger partial charge in [0, 0.05) is 31.4 Å². The lowest BCUT2D eigenvalue weighted by molar-refractivity contribution is 0.0599. The second-order valence-electron chi connectivity index (χ2n) is 6.10. The van der Waals surface area contributed by atoms with Crippen molar-refractivity contribution in [3.63, 3.8) is 0 Å². The molecule has 0 amide bonds. The highest BCUT2D eigenvalue weighted by atomic mass is 32.2. The molecule has 0 saturated carbocycles. The van der Waals surface area contributed by atoms with E-state index in [0.29, 0.717) is 12.6 Å². The molecule has 0 aliphatic carbocycles. The molecule has 1 aliphatic rings. The van der Waals surface area contributed by atoms with Crippen molar-refractivity contribution >= 4 is 9.84 Å². The van der Waals surface area contributed by atoms with Crippen LogP contribution in [0.2, 0.25) is 0 Å². The minimum absolute atomic E-state index is 0.156. The van der Waals surface area contributed by atoms with Gasteiger partial charge in [0.1, 0.15) is 0 Å². The second-order valence-corrected chi connectivity index (χ2v) is 8.58. The summed E-state index contributed by atoms with van der Waals surface area (Å²) in [5.74, 6) is 0.454. The van der Waals surface area contributed by atoms with Gasteiger partial charge >= 0.3 is 0 Å². The van der Waals surface area contributed by atoms with E-state index in [1.807, 2.05) is 18.2 Å². The van der Waals surface area contributed by atoms with E-state index in [1.165, 1.54) is 5.56 Å². The average molecular weight is 310 g/mol. The summed E-state index contributed by atoms with van der Waals surface area (Å²) in [5.41, 5.74) is 1.08. The van der Waals surface area contributed by atoms with Gasteiger partial charge in [-0.2, -0.15) is 0 Å². The molecule has 1 fully saturated rings. The predicted molar refractivity (Wildman–Crippen MR) is 87.2 cm³/mol. The summed E-state index contributed by atoms with van der Waals surface area (Å²) in [4.78, 5) is 2.32. The molecule has 21 heavy (non-hydrogen) atoms. The lowest BCUT2D eigenvalue weighted by Crippen LogP contribution is -2.61. The number of nitrogens with one attached hydrogen (secondary N) is 1. The fraction of sp³-hybridized carbons (Fsp3) is 0.625. The first-order chi connectivity index (χ1) is 9.87. The van der Waals surface area contributed by atoms with Crippen molar-refractivity contribution in [3.05, 3.63) is 35.9 Å². The van der Waals surface area contributed by atoms with Crippen LogP contribution in [0, 0.1) is 0 Å². The Balaban J connectivity index is 2.21. The standard InChI is InChI=1S/C16H26N2O2S/c1-4-21(19,20)11-10-18-12-14(2)17-13-16(18,3)15-8-6-5-7-9-15/h5-9,14,17H,4,10-13H2,1-3H3. The molecule has 0 aromatic heterocycles. The van der Waals surface area contributed by atoms with Crippen molar-refractivity contribution < 1.29 is 8.42 Å². The maximum atomic E-state index is 11.8. The summed E-state index contributed by atoms with van der Waals surface area (Å²) in [6.07, 6.45) is 0. The first-order valence-electron chi connectivity index (χ1n) is 7.62. The van der Waals surface area contributed by atoms with Crippen molar-refractivity contribution in [1.82, 2.24) is 10.2 Å². The van der Waals surface area contributed by atoms with E-state index in [4.69, 9.17) is 0 Å². The molecular formula is C16H26N2O2S. The second kappa shape index (κ2) is 6.46. The zero-order chi connectivity index (χ0) is 15.5. The number of piperazine rings is 1. The monoisotopic (exact) mass is 310 g/mol. The van der Waals surface area contributed by atoms with Crippen LogP contribution >= 0.6 is 0 Å². The minimum Gasteiger partial charge on any atom is -0.311 e. The van der Waals surface area contributed by atoms with E-state index >= 15 is 0 Å². The molecule has 118 valence electrons. The van der Waals surface area contributed by atoms with Crippen molar-refractivity contribution in [2.45, 2.75) is 32.4 Å². The van der Waals surface area contributed by atoms with Crippen LogP contribution in [0.3, 0.4) is 0 Å². The Hall–Kier alpha value is -0.910. The predicted octanol–water partition coefficient (Wildman–Crippen LogP) is 1.63. The van der Waals surface area contributed by atoms with Gasteiger partial charge in [-0.15, -0.1) is 0 Å². The van der Waals surface area contributed by atoms with Gasteiger partial charge in [-0.1, -0.05) is 37.3 Å². The fourth-order valence-electron chi connectivity index (χ4n) is 2.89. The topological polar surface area (TPSA) is 49.4 Å². The molecule has 2 unspecified atom stereocenters. The Morgan fingerprint density at radius 1 is 1.33 bits per heavy atom. The summed E-state index contributed by atoms with van der Waals surface area (Å²) in [7, 11) is -2.93. The number of nitrogens with zero attached hydrogens (tertiary/aromatic N) is 1. The molecule has 2 rings (SSSR count). The largest absolute Gasteiger partial charge is 0.311 e. The van der Waals surface area contributed by atoms with E-state index in [-0.39, 0.29) is 17.0 Å². The maximum absolute atomic E-state index is 11.8. The van der Waals surface area contributed by atoms with Crippen molar-refractivity contribution in [3.8, 4) is 0 Å². The molecule has 0 spiro atoms. The van der Waals surface area contributed by atoms with E-state index in [1.54, 1.807) is 6.92 Å². The van der Waals surface area contributed by atoms with Crippen LogP contribution in [-0.4, -0.2) is 50.5 Å². The third-order valence-electron chi connectivity index (χ3n) is 4.49. The third kappa shape index (κ3) is 3.84. The van der Waals surface area contributed by atoms with Gasteiger partial charge in [0.05, 0.1) is 11.3 Å². The molecule has 0 bridgehead atoms. The molecule has 1 heterocycles. The molecule has 1 aliphatic heterocycles. The van der Waals surface area contributed by atoms with Crippen LogP contribution in [0.25, 0.3) is 0 Å². The zero-order valence-corrected chi connectivity index (χ0v) is 14.0. The van der Waals surface area contributed by atoms with Gasteiger partial charge in [0.15, 0.2) is 9.84 Å². The molecule has 1 aromatic carbocycles. The Kier molecular flexibility index (Phi) is 5.07. The molecule has 1 N–H and O–H groups in total. The molecule has 5 heteroatoms. The highest BCUT2D eigenvalue weighted by Crippen LogP contribution is 2.30. The van der Waals surface area contributed by atoms with E-state index in [0.717, 1.165) is 13.1 Å². The Morgan fingerprint density at radius 2 is 2.00 bits per heavy atom. The van der Waals surface area contributed by atoms with Gasteiger partial charge in [0.25, 0.3) is 0 Å². The van der Waals surface area contributed by atoms with Crippen LogP contribution in [0.1, 0.15) is 26.3 Å². The van der Waals surface area contributed by atoms with Crippen LogP contribution in [-0.2, 0) is 15.4 Å². The number of hydrogen-bond donors (Lipinski definition) is 1.